The summed E-state index contributed by atoms with van der Waals surface area (Å²) in [5.74, 6) is -0.118. The van der Waals surface area contributed by atoms with Crippen LogP contribution in [0.5, 0.6) is 0 Å². The van der Waals surface area contributed by atoms with Crippen LogP contribution in [0, 0.1) is 0 Å². The molecule has 6 nitrogen and oxygen atoms in total. The van der Waals surface area contributed by atoms with E-state index in [4.69, 9.17) is 4.74 Å². The molecule has 0 saturated carbocycles. The molecule has 6 heteroatoms. The summed E-state index contributed by atoms with van der Waals surface area (Å²) in [7, 11) is 0. The molecule has 1 aliphatic rings. The second-order valence-corrected chi connectivity index (χ2v) is 5.34. The molecule has 120 valence electrons. The first-order valence-electron chi connectivity index (χ1n) is 7.55. The molecule has 1 aromatic carbocycles. The van der Waals surface area contributed by atoms with Crippen molar-refractivity contribution >= 4 is 11.8 Å². The van der Waals surface area contributed by atoms with E-state index in [0.717, 1.165) is 12.1 Å². The first-order valence-corrected chi connectivity index (χ1v) is 7.55. The number of carbonyl (C=O) groups is 2. The van der Waals surface area contributed by atoms with Crippen molar-refractivity contribution in [3.63, 3.8) is 0 Å². The largest absolute Gasteiger partial charge is 0.371 e. The van der Waals surface area contributed by atoms with Crippen LogP contribution in [0.2, 0.25) is 0 Å². The lowest BCUT2D eigenvalue weighted by Crippen LogP contribution is -2.45. The van der Waals surface area contributed by atoms with Gasteiger partial charge in [0.05, 0.1) is 19.3 Å². The normalized spacial score (nSPS) is 18.7. The molecule has 2 N–H and O–H groups in total. The Labute approximate surface area is 130 Å². The lowest BCUT2D eigenvalue weighted by Gasteiger charge is -2.32. The number of rotatable bonds is 6. The topological polar surface area (TPSA) is 70.7 Å². The summed E-state index contributed by atoms with van der Waals surface area (Å²) in [6.07, 6.45) is 0.0159. The number of ether oxygens (including phenoxy) is 1. The maximum atomic E-state index is 11.9. The monoisotopic (exact) mass is 305 g/mol. The van der Waals surface area contributed by atoms with Crippen LogP contribution in [-0.4, -0.2) is 56.0 Å². The fourth-order valence-corrected chi connectivity index (χ4v) is 2.41. The molecule has 1 fully saturated rings. The summed E-state index contributed by atoms with van der Waals surface area (Å²) in [6.45, 7) is 4.80. The molecule has 1 atom stereocenters. The van der Waals surface area contributed by atoms with E-state index in [1.165, 1.54) is 6.92 Å². The Kier molecular flexibility index (Phi) is 6.36. The van der Waals surface area contributed by atoms with Gasteiger partial charge in [-0.1, -0.05) is 30.3 Å². The third kappa shape index (κ3) is 5.46. The van der Waals surface area contributed by atoms with Crippen molar-refractivity contribution in [3.05, 3.63) is 35.9 Å². The first-order chi connectivity index (χ1) is 10.6. The molecule has 1 saturated heterocycles. The van der Waals surface area contributed by atoms with Gasteiger partial charge >= 0.3 is 0 Å². The summed E-state index contributed by atoms with van der Waals surface area (Å²) in [6, 6.07) is 10.1. The summed E-state index contributed by atoms with van der Waals surface area (Å²) >= 11 is 0. The molecule has 2 amide bonds. The van der Waals surface area contributed by atoms with E-state index in [1.807, 2.05) is 30.3 Å². The average Bonchev–Trinajstić information content (AvgIpc) is 2.52. The van der Waals surface area contributed by atoms with Gasteiger partial charge in [-0.3, -0.25) is 14.5 Å². The molecule has 22 heavy (non-hydrogen) atoms. The second kappa shape index (κ2) is 8.51. The van der Waals surface area contributed by atoms with Crippen LogP contribution in [0.15, 0.2) is 30.3 Å². The van der Waals surface area contributed by atoms with E-state index in [9.17, 15) is 9.59 Å². The van der Waals surface area contributed by atoms with Gasteiger partial charge in [-0.2, -0.15) is 0 Å². The van der Waals surface area contributed by atoms with Crippen LogP contribution in [0.3, 0.4) is 0 Å². The molecular weight excluding hydrogens is 282 g/mol. The van der Waals surface area contributed by atoms with Crippen molar-refractivity contribution in [2.45, 2.75) is 13.0 Å². The Balaban J connectivity index is 1.73. The zero-order valence-electron chi connectivity index (χ0n) is 12.9. The van der Waals surface area contributed by atoms with Gasteiger partial charge in [0, 0.05) is 33.1 Å². The van der Waals surface area contributed by atoms with Crippen LogP contribution < -0.4 is 10.6 Å². The molecule has 2 rings (SSSR count). The number of morpholine rings is 1. The number of nitrogens with zero attached hydrogens (tertiary/aromatic N) is 1. The van der Waals surface area contributed by atoms with Crippen LogP contribution in [0.4, 0.5) is 0 Å². The van der Waals surface area contributed by atoms with Gasteiger partial charge in [-0.05, 0) is 5.56 Å². The third-order valence-corrected chi connectivity index (χ3v) is 3.51. The van der Waals surface area contributed by atoms with Crippen LogP contribution in [0.1, 0.15) is 18.6 Å². The van der Waals surface area contributed by atoms with Gasteiger partial charge < -0.3 is 15.4 Å². The minimum absolute atomic E-state index is 0.0159. The Morgan fingerprint density at radius 2 is 1.95 bits per heavy atom. The van der Waals surface area contributed by atoms with Crippen molar-refractivity contribution in [2.75, 3.05) is 39.3 Å². The smallest absolute Gasteiger partial charge is 0.234 e. The maximum absolute atomic E-state index is 11.9. The summed E-state index contributed by atoms with van der Waals surface area (Å²) in [5.41, 5.74) is 1.14. The van der Waals surface area contributed by atoms with E-state index in [-0.39, 0.29) is 17.9 Å². The van der Waals surface area contributed by atoms with E-state index in [0.29, 0.717) is 32.8 Å². The lowest BCUT2D eigenvalue weighted by atomic mass is 10.1. The van der Waals surface area contributed by atoms with E-state index in [2.05, 4.69) is 15.5 Å². The SMILES string of the molecule is CC(=O)NCCNC(=O)CN1CCOC(c2ccccc2)C1. The maximum Gasteiger partial charge on any atom is 0.234 e. The Morgan fingerprint density at radius 3 is 2.68 bits per heavy atom. The predicted molar refractivity (Wildman–Crippen MR) is 83.3 cm³/mol. The molecule has 0 aromatic heterocycles. The zero-order chi connectivity index (χ0) is 15.8. The summed E-state index contributed by atoms with van der Waals surface area (Å²) in [5, 5.41) is 5.45. The highest BCUT2D eigenvalue weighted by Gasteiger charge is 2.23. The van der Waals surface area contributed by atoms with Crippen LogP contribution >= 0.6 is 0 Å². The highest BCUT2D eigenvalue weighted by Crippen LogP contribution is 2.21. The van der Waals surface area contributed by atoms with Crippen molar-refractivity contribution in [1.29, 1.82) is 0 Å². The number of hydrogen-bond donors (Lipinski definition) is 2. The fourth-order valence-electron chi connectivity index (χ4n) is 2.41. The Morgan fingerprint density at radius 1 is 1.23 bits per heavy atom. The van der Waals surface area contributed by atoms with Gasteiger partial charge in [0.15, 0.2) is 0 Å². The minimum atomic E-state index is -0.0897. The van der Waals surface area contributed by atoms with Crippen molar-refractivity contribution < 1.29 is 14.3 Å². The number of amides is 2. The highest BCUT2D eigenvalue weighted by molar-refractivity contribution is 5.78. The second-order valence-electron chi connectivity index (χ2n) is 5.34. The van der Waals surface area contributed by atoms with E-state index < -0.39 is 0 Å². The highest BCUT2D eigenvalue weighted by atomic mass is 16.5. The lowest BCUT2D eigenvalue weighted by molar-refractivity contribution is -0.124. The van der Waals surface area contributed by atoms with Crippen LogP contribution in [0.25, 0.3) is 0 Å². The predicted octanol–water partition coefficient (Wildman–Crippen LogP) is 0.312. The van der Waals surface area contributed by atoms with Gasteiger partial charge in [0.25, 0.3) is 0 Å². The van der Waals surface area contributed by atoms with Gasteiger partial charge in [0.2, 0.25) is 11.8 Å². The number of hydrogen-bond acceptors (Lipinski definition) is 4. The van der Waals surface area contributed by atoms with E-state index in [1.54, 1.807) is 0 Å². The molecule has 0 bridgehead atoms. The minimum Gasteiger partial charge on any atom is -0.371 e. The fraction of sp³-hybridized carbons (Fsp3) is 0.500. The number of nitrogens with one attached hydrogen (secondary N) is 2. The molecule has 1 heterocycles. The summed E-state index contributed by atoms with van der Waals surface area (Å²) in [4.78, 5) is 24.7. The Bertz CT molecular complexity index is 493. The summed E-state index contributed by atoms with van der Waals surface area (Å²) < 4.78 is 5.78. The van der Waals surface area contributed by atoms with Crippen molar-refractivity contribution in [3.8, 4) is 0 Å². The molecule has 1 unspecified atom stereocenters. The standard InChI is InChI=1S/C16H23N3O3/c1-13(20)17-7-8-18-16(21)12-19-9-10-22-15(11-19)14-5-3-2-4-6-14/h2-6,15H,7-12H2,1H3,(H,17,20)(H,18,21). The van der Waals surface area contributed by atoms with Gasteiger partial charge in [-0.25, -0.2) is 0 Å². The number of carbonyl (C=O) groups excluding carboxylic acids is 2. The molecule has 0 radical (unpaired) electrons. The number of benzene rings is 1. The molecular formula is C16H23N3O3. The van der Waals surface area contributed by atoms with Crippen molar-refractivity contribution in [2.24, 2.45) is 0 Å². The van der Waals surface area contributed by atoms with Gasteiger partial charge in [0.1, 0.15) is 0 Å². The molecule has 0 aliphatic carbocycles. The molecule has 0 spiro atoms. The first kappa shape index (κ1) is 16.5. The molecule has 1 aromatic rings. The average molecular weight is 305 g/mol. The molecule has 1 aliphatic heterocycles. The Hall–Kier alpha value is -1.92. The van der Waals surface area contributed by atoms with Crippen LogP contribution in [-0.2, 0) is 14.3 Å². The van der Waals surface area contributed by atoms with E-state index >= 15 is 0 Å². The van der Waals surface area contributed by atoms with Gasteiger partial charge in [-0.15, -0.1) is 0 Å². The third-order valence-electron chi connectivity index (χ3n) is 3.51. The van der Waals surface area contributed by atoms with Crippen molar-refractivity contribution in [1.82, 2.24) is 15.5 Å². The quantitative estimate of drug-likeness (QED) is 0.742. The zero-order valence-corrected chi connectivity index (χ0v) is 12.9.